The van der Waals surface area contributed by atoms with Crippen molar-refractivity contribution in [2.45, 2.75) is 44.7 Å². The van der Waals surface area contributed by atoms with E-state index < -0.39 is 10.0 Å². The molecule has 0 radical (unpaired) electrons. The van der Waals surface area contributed by atoms with E-state index in [2.05, 4.69) is 5.32 Å². The lowest BCUT2D eigenvalue weighted by molar-refractivity contribution is 0.346. The predicted octanol–water partition coefficient (Wildman–Crippen LogP) is 3.39. The van der Waals surface area contributed by atoms with Crippen molar-refractivity contribution in [1.82, 2.24) is 9.62 Å². The molecule has 0 atom stereocenters. The number of halogens is 2. The van der Waals surface area contributed by atoms with Gasteiger partial charge < -0.3 is 5.32 Å². The highest BCUT2D eigenvalue weighted by Gasteiger charge is 2.27. The third kappa shape index (κ3) is 5.11. The van der Waals surface area contributed by atoms with Gasteiger partial charge in [0.25, 0.3) is 0 Å². The van der Waals surface area contributed by atoms with Crippen LogP contribution in [0.25, 0.3) is 0 Å². The summed E-state index contributed by atoms with van der Waals surface area (Å²) >= 11 is 11.8. The summed E-state index contributed by atoms with van der Waals surface area (Å²) in [6.45, 7) is 8.74. The first-order chi connectivity index (χ1) is 9.66. The van der Waals surface area contributed by atoms with E-state index in [0.29, 0.717) is 24.2 Å². The van der Waals surface area contributed by atoms with Crippen molar-refractivity contribution in [3.8, 4) is 0 Å². The molecule has 0 aliphatic heterocycles. The Balaban J connectivity index is 3.01. The zero-order chi connectivity index (χ0) is 16.2. The first-order valence-corrected chi connectivity index (χ1v) is 9.06. The van der Waals surface area contributed by atoms with Gasteiger partial charge in [0, 0.05) is 25.2 Å². The summed E-state index contributed by atoms with van der Waals surface area (Å²) in [5.41, 5.74) is 0. The van der Waals surface area contributed by atoms with Crippen LogP contribution >= 0.6 is 23.2 Å². The van der Waals surface area contributed by atoms with E-state index in [1.165, 1.54) is 22.5 Å². The Labute approximate surface area is 137 Å². The second kappa shape index (κ2) is 7.79. The van der Waals surface area contributed by atoms with Crippen LogP contribution < -0.4 is 5.32 Å². The first kappa shape index (κ1) is 18.7. The average Bonchev–Trinajstić information content (AvgIpc) is 2.36. The number of benzene rings is 1. The van der Waals surface area contributed by atoms with Gasteiger partial charge >= 0.3 is 0 Å². The standard InChI is InChI=1S/C14H22Cl2N2O2S/c1-10(2)17-7-8-18(11(3)4)21(19,20)12-5-6-13(15)14(16)9-12/h5-6,9-11,17H,7-8H2,1-4H3. The van der Waals surface area contributed by atoms with Crippen molar-refractivity contribution in [2.75, 3.05) is 13.1 Å². The summed E-state index contributed by atoms with van der Waals surface area (Å²) in [7, 11) is -3.59. The molecule has 21 heavy (non-hydrogen) atoms. The quantitative estimate of drug-likeness (QED) is 0.817. The van der Waals surface area contributed by atoms with Crippen LogP contribution in [0.3, 0.4) is 0 Å². The Morgan fingerprint density at radius 2 is 1.76 bits per heavy atom. The number of hydrogen-bond donors (Lipinski definition) is 1. The summed E-state index contributed by atoms with van der Waals surface area (Å²) in [6.07, 6.45) is 0. The van der Waals surface area contributed by atoms with Gasteiger partial charge in [0.05, 0.1) is 14.9 Å². The van der Waals surface area contributed by atoms with Crippen LogP contribution in [0.4, 0.5) is 0 Å². The SMILES string of the molecule is CC(C)NCCN(C(C)C)S(=O)(=O)c1ccc(Cl)c(Cl)c1. The molecule has 1 rings (SSSR count). The van der Waals surface area contributed by atoms with Crippen LogP contribution in [0.1, 0.15) is 27.7 Å². The predicted molar refractivity (Wildman–Crippen MR) is 88.6 cm³/mol. The summed E-state index contributed by atoms with van der Waals surface area (Å²) in [5, 5.41) is 3.80. The smallest absolute Gasteiger partial charge is 0.243 e. The van der Waals surface area contributed by atoms with E-state index >= 15 is 0 Å². The van der Waals surface area contributed by atoms with Gasteiger partial charge in [-0.1, -0.05) is 37.0 Å². The lowest BCUT2D eigenvalue weighted by Crippen LogP contribution is -2.42. The van der Waals surface area contributed by atoms with Crippen molar-refractivity contribution in [1.29, 1.82) is 0 Å². The minimum Gasteiger partial charge on any atom is -0.313 e. The number of hydrogen-bond acceptors (Lipinski definition) is 3. The molecule has 0 saturated carbocycles. The van der Waals surface area contributed by atoms with Gasteiger partial charge in [-0.3, -0.25) is 0 Å². The van der Waals surface area contributed by atoms with Gasteiger partial charge in [0.2, 0.25) is 10.0 Å². The second-order valence-corrected chi connectivity index (χ2v) is 8.10. The maximum Gasteiger partial charge on any atom is 0.243 e. The molecular formula is C14H22Cl2N2O2S. The summed E-state index contributed by atoms with van der Waals surface area (Å²) in [5.74, 6) is 0. The second-order valence-electron chi connectivity index (χ2n) is 5.39. The Morgan fingerprint density at radius 3 is 2.24 bits per heavy atom. The highest BCUT2D eigenvalue weighted by Crippen LogP contribution is 2.27. The van der Waals surface area contributed by atoms with Crippen LogP contribution in [0, 0.1) is 0 Å². The molecule has 120 valence electrons. The van der Waals surface area contributed by atoms with E-state index in [4.69, 9.17) is 23.2 Å². The molecule has 0 fully saturated rings. The van der Waals surface area contributed by atoms with E-state index in [-0.39, 0.29) is 16.0 Å². The average molecular weight is 353 g/mol. The van der Waals surface area contributed by atoms with Gasteiger partial charge in [-0.15, -0.1) is 0 Å². The summed E-state index contributed by atoms with van der Waals surface area (Å²) < 4.78 is 26.9. The highest BCUT2D eigenvalue weighted by molar-refractivity contribution is 7.89. The third-order valence-electron chi connectivity index (χ3n) is 2.96. The van der Waals surface area contributed by atoms with Crippen molar-refractivity contribution >= 4 is 33.2 Å². The van der Waals surface area contributed by atoms with Gasteiger partial charge in [0.15, 0.2) is 0 Å². The van der Waals surface area contributed by atoms with E-state index in [0.717, 1.165) is 0 Å². The monoisotopic (exact) mass is 352 g/mol. The minimum atomic E-state index is -3.59. The van der Waals surface area contributed by atoms with Crippen molar-refractivity contribution < 1.29 is 8.42 Å². The Kier molecular flexibility index (Phi) is 6.94. The normalized spacial score (nSPS) is 12.6. The van der Waals surface area contributed by atoms with E-state index in [9.17, 15) is 8.42 Å². The first-order valence-electron chi connectivity index (χ1n) is 6.86. The highest BCUT2D eigenvalue weighted by atomic mass is 35.5. The van der Waals surface area contributed by atoms with E-state index in [1.54, 1.807) is 0 Å². The van der Waals surface area contributed by atoms with Crippen molar-refractivity contribution in [3.63, 3.8) is 0 Å². The van der Waals surface area contributed by atoms with Crippen LogP contribution in [-0.4, -0.2) is 37.9 Å². The van der Waals surface area contributed by atoms with Gasteiger partial charge in [0.1, 0.15) is 0 Å². The topological polar surface area (TPSA) is 49.4 Å². The lowest BCUT2D eigenvalue weighted by Gasteiger charge is -2.26. The Hall–Kier alpha value is -0.330. The molecule has 7 heteroatoms. The number of nitrogens with zero attached hydrogens (tertiary/aromatic N) is 1. The Bertz CT molecular complexity index is 574. The summed E-state index contributed by atoms with van der Waals surface area (Å²) in [6, 6.07) is 4.55. The third-order valence-corrected chi connectivity index (χ3v) is 5.77. The van der Waals surface area contributed by atoms with E-state index in [1.807, 2.05) is 27.7 Å². The largest absolute Gasteiger partial charge is 0.313 e. The number of rotatable bonds is 7. The molecule has 0 aliphatic carbocycles. The van der Waals surface area contributed by atoms with Gasteiger partial charge in [-0.05, 0) is 32.0 Å². The lowest BCUT2D eigenvalue weighted by atomic mass is 10.3. The zero-order valence-corrected chi connectivity index (χ0v) is 15.1. The van der Waals surface area contributed by atoms with Crippen LogP contribution in [-0.2, 0) is 10.0 Å². The molecular weight excluding hydrogens is 331 g/mol. The molecule has 4 nitrogen and oxygen atoms in total. The molecule has 0 bridgehead atoms. The molecule has 0 aromatic heterocycles. The number of nitrogens with one attached hydrogen (secondary N) is 1. The maximum absolute atomic E-state index is 12.7. The van der Waals surface area contributed by atoms with Crippen molar-refractivity contribution in [3.05, 3.63) is 28.2 Å². The molecule has 1 aromatic carbocycles. The molecule has 0 saturated heterocycles. The molecule has 0 amide bonds. The Morgan fingerprint density at radius 1 is 1.14 bits per heavy atom. The minimum absolute atomic E-state index is 0.140. The van der Waals surface area contributed by atoms with Crippen LogP contribution in [0.2, 0.25) is 10.0 Å². The molecule has 1 aromatic rings. The zero-order valence-electron chi connectivity index (χ0n) is 12.7. The molecule has 0 aliphatic rings. The molecule has 0 spiro atoms. The fourth-order valence-corrected chi connectivity index (χ4v) is 3.92. The molecule has 0 unspecified atom stereocenters. The van der Waals surface area contributed by atoms with Gasteiger partial charge in [-0.25, -0.2) is 8.42 Å². The molecule has 0 heterocycles. The van der Waals surface area contributed by atoms with Gasteiger partial charge in [-0.2, -0.15) is 4.31 Å². The fraction of sp³-hybridized carbons (Fsp3) is 0.571. The number of sulfonamides is 1. The molecule has 1 N–H and O–H groups in total. The maximum atomic E-state index is 12.7. The summed E-state index contributed by atoms with van der Waals surface area (Å²) in [4.78, 5) is 0.162. The fourth-order valence-electron chi connectivity index (χ4n) is 1.89. The van der Waals surface area contributed by atoms with Crippen LogP contribution in [0.15, 0.2) is 23.1 Å². The van der Waals surface area contributed by atoms with Crippen molar-refractivity contribution in [2.24, 2.45) is 0 Å². The van der Waals surface area contributed by atoms with Crippen LogP contribution in [0.5, 0.6) is 0 Å².